The number of nitrogens with zero attached hydrogens (tertiary/aromatic N) is 1. The molecule has 3 rings (SSSR count). The van der Waals surface area contributed by atoms with Gasteiger partial charge in [0.05, 0.1) is 11.7 Å². The Labute approximate surface area is 115 Å². The van der Waals surface area contributed by atoms with E-state index in [4.69, 9.17) is 0 Å². The van der Waals surface area contributed by atoms with Crippen LogP contribution in [0.3, 0.4) is 0 Å². The van der Waals surface area contributed by atoms with Crippen molar-refractivity contribution in [3.63, 3.8) is 0 Å². The molecule has 2 aromatic rings. The first kappa shape index (κ1) is 12.6. The Bertz CT molecular complexity index is 564. The Morgan fingerprint density at radius 2 is 2.32 bits per heavy atom. The van der Waals surface area contributed by atoms with Crippen LogP contribution in [0, 0.1) is 0 Å². The fraction of sp³-hybridized carbons (Fsp3) is 0.357. The number of nitrogens with one attached hydrogen (secondary N) is 1. The van der Waals surface area contributed by atoms with E-state index in [-0.39, 0.29) is 5.75 Å². The van der Waals surface area contributed by atoms with E-state index in [2.05, 4.69) is 10.3 Å². The van der Waals surface area contributed by atoms with Gasteiger partial charge in [0.15, 0.2) is 0 Å². The van der Waals surface area contributed by atoms with E-state index in [1.165, 1.54) is 6.42 Å². The lowest BCUT2D eigenvalue weighted by Crippen LogP contribution is -2.12. The molecule has 1 saturated heterocycles. The zero-order chi connectivity index (χ0) is 13.2. The van der Waals surface area contributed by atoms with Crippen molar-refractivity contribution in [2.75, 3.05) is 6.54 Å². The number of phenolic OH excluding ortho intramolecular Hbond substituents is 1. The van der Waals surface area contributed by atoms with E-state index in [0.29, 0.717) is 17.3 Å². The maximum absolute atomic E-state index is 10.3. The van der Waals surface area contributed by atoms with Crippen molar-refractivity contribution < 1.29 is 10.2 Å². The van der Waals surface area contributed by atoms with Gasteiger partial charge in [-0.05, 0) is 37.1 Å². The van der Waals surface area contributed by atoms with E-state index in [1.54, 1.807) is 35.6 Å². The molecule has 2 atom stereocenters. The molecular weight excluding hydrogens is 260 g/mol. The Balaban J connectivity index is 1.82. The first-order valence-electron chi connectivity index (χ1n) is 6.40. The highest BCUT2D eigenvalue weighted by Gasteiger charge is 2.21. The van der Waals surface area contributed by atoms with Gasteiger partial charge in [-0.1, -0.05) is 12.1 Å². The molecular formula is C14H16N2O2S. The minimum absolute atomic E-state index is 0.157. The smallest absolute Gasteiger partial charge is 0.122 e. The van der Waals surface area contributed by atoms with Crippen molar-refractivity contribution in [3.8, 4) is 5.75 Å². The predicted molar refractivity (Wildman–Crippen MR) is 74.3 cm³/mol. The average Bonchev–Trinajstić information content (AvgIpc) is 3.08. The van der Waals surface area contributed by atoms with E-state index >= 15 is 0 Å². The lowest BCUT2D eigenvalue weighted by atomic mass is 10.1. The number of aliphatic hydroxyl groups is 1. The topological polar surface area (TPSA) is 65.4 Å². The van der Waals surface area contributed by atoms with E-state index in [0.717, 1.165) is 18.0 Å². The summed E-state index contributed by atoms with van der Waals surface area (Å²) >= 11 is 1.58. The number of hydrogen-bond donors (Lipinski definition) is 3. The normalized spacial score (nSPS) is 20.6. The van der Waals surface area contributed by atoms with Crippen LogP contribution in [0.5, 0.6) is 5.75 Å². The minimum Gasteiger partial charge on any atom is -0.508 e. The summed E-state index contributed by atoms with van der Waals surface area (Å²) in [5.41, 5.74) is 1.32. The molecule has 1 fully saturated rings. The predicted octanol–water partition coefficient (Wildman–Crippen LogP) is 2.35. The lowest BCUT2D eigenvalue weighted by Gasteiger charge is -2.09. The third-order valence-electron chi connectivity index (χ3n) is 3.36. The van der Waals surface area contributed by atoms with Crippen LogP contribution in [0.1, 0.15) is 41.3 Å². The van der Waals surface area contributed by atoms with Crippen molar-refractivity contribution in [3.05, 3.63) is 45.9 Å². The van der Waals surface area contributed by atoms with Gasteiger partial charge < -0.3 is 15.5 Å². The molecule has 2 heterocycles. The Hall–Kier alpha value is -1.43. The van der Waals surface area contributed by atoms with Gasteiger partial charge in [-0.2, -0.15) is 0 Å². The monoisotopic (exact) mass is 276 g/mol. The second-order valence-electron chi connectivity index (χ2n) is 4.76. The van der Waals surface area contributed by atoms with Crippen LogP contribution in [0.15, 0.2) is 29.6 Å². The summed E-state index contributed by atoms with van der Waals surface area (Å²) in [6.45, 7) is 1.04. The van der Waals surface area contributed by atoms with Crippen LogP contribution < -0.4 is 5.32 Å². The van der Waals surface area contributed by atoms with Crippen LogP contribution in [0.2, 0.25) is 0 Å². The zero-order valence-corrected chi connectivity index (χ0v) is 11.2. The highest BCUT2D eigenvalue weighted by molar-refractivity contribution is 7.09. The first-order chi connectivity index (χ1) is 9.24. The number of rotatable bonds is 3. The molecule has 1 aliphatic rings. The maximum atomic E-state index is 10.3. The Morgan fingerprint density at radius 3 is 3.05 bits per heavy atom. The highest BCUT2D eigenvalue weighted by Crippen LogP contribution is 2.30. The van der Waals surface area contributed by atoms with E-state index in [9.17, 15) is 10.2 Å². The summed E-state index contributed by atoms with van der Waals surface area (Å²) in [5, 5.41) is 26.1. The van der Waals surface area contributed by atoms with Crippen LogP contribution in [-0.2, 0) is 0 Å². The fourth-order valence-corrected chi connectivity index (χ4v) is 3.29. The molecule has 0 aliphatic carbocycles. The number of aromatic hydroxyl groups is 1. The average molecular weight is 276 g/mol. The molecule has 0 radical (unpaired) electrons. The summed E-state index contributed by atoms with van der Waals surface area (Å²) in [4.78, 5) is 4.52. The molecule has 5 heteroatoms. The van der Waals surface area contributed by atoms with Crippen LogP contribution in [0.4, 0.5) is 0 Å². The van der Waals surface area contributed by atoms with Crippen LogP contribution >= 0.6 is 11.3 Å². The van der Waals surface area contributed by atoms with Gasteiger partial charge in [0.2, 0.25) is 0 Å². The van der Waals surface area contributed by atoms with Gasteiger partial charge in [-0.25, -0.2) is 4.98 Å². The van der Waals surface area contributed by atoms with Crippen molar-refractivity contribution in [1.29, 1.82) is 0 Å². The molecule has 0 saturated carbocycles. The third-order valence-corrected chi connectivity index (χ3v) is 4.34. The number of benzene rings is 1. The minimum atomic E-state index is -0.779. The SMILES string of the molecule is Oc1cccc([C@H](O)c2csc(C3CCCN3)n2)c1. The first-order valence-corrected chi connectivity index (χ1v) is 7.28. The molecule has 1 aromatic carbocycles. The van der Waals surface area contributed by atoms with Crippen molar-refractivity contribution in [1.82, 2.24) is 10.3 Å². The molecule has 100 valence electrons. The number of phenols is 1. The summed E-state index contributed by atoms with van der Waals surface area (Å²) in [6, 6.07) is 7.00. The molecule has 1 unspecified atom stereocenters. The molecule has 0 bridgehead atoms. The second-order valence-corrected chi connectivity index (χ2v) is 5.65. The molecule has 0 spiro atoms. The summed E-state index contributed by atoms with van der Waals surface area (Å²) < 4.78 is 0. The number of aliphatic hydroxyl groups excluding tert-OH is 1. The largest absolute Gasteiger partial charge is 0.508 e. The van der Waals surface area contributed by atoms with Crippen molar-refractivity contribution in [2.24, 2.45) is 0 Å². The standard InChI is InChI=1S/C14H16N2O2S/c17-10-4-1-3-9(7-10)13(18)12-8-19-14(16-12)11-5-2-6-15-11/h1,3-4,7-8,11,13,15,17-18H,2,5-6H2/t11?,13-/m0/s1. The molecule has 0 amide bonds. The summed E-state index contributed by atoms with van der Waals surface area (Å²) in [7, 11) is 0. The van der Waals surface area contributed by atoms with Gasteiger partial charge in [0, 0.05) is 5.38 Å². The van der Waals surface area contributed by atoms with Crippen LogP contribution in [0.25, 0.3) is 0 Å². The van der Waals surface area contributed by atoms with Crippen molar-refractivity contribution in [2.45, 2.75) is 25.0 Å². The number of hydrogen-bond acceptors (Lipinski definition) is 5. The highest BCUT2D eigenvalue weighted by atomic mass is 32.1. The molecule has 19 heavy (non-hydrogen) atoms. The van der Waals surface area contributed by atoms with Gasteiger partial charge in [-0.15, -0.1) is 11.3 Å². The second kappa shape index (κ2) is 5.28. The lowest BCUT2D eigenvalue weighted by molar-refractivity contribution is 0.215. The number of aromatic nitrogens is 1. The van der Waals surface area contributed by atoms with Crippen molar-refractivity contribution >= 4 is 11.3 Å². The molecule has 1 aliphatic heterocycles. The van der Waals surface area contributed by atoms with Gasteiger partial charge >= 0.3 is 0 Å². The molecule has 4 nitrogen and oxygen atoms in total. The molecule has 3 N–H and O–H groups in total. The van der Waals surface area contributed by atoms with Gasteiger partial charge in [-0.3, -0.25) is 0 Å². The summed E-state index contributed by atoms with van der Waals surface area (Å²) in [6.07, 6.45) is 1.50. The zero-order valence-electron chi connectivity index (χ0n) is 10.4. The quantitative estimate of drug-likeness (QED) is 0.805. The van der Waals surface area contributed by atoms with Crippen LogP contribution in [-0.4, -0.2) is 21.7 Å². The maximum Gasteiger partial charge on any atom is 0.122 e. The third kappa shape index (κ3) is 2.63. The number of thiazole rings is 1. The van der Waals surface area contributed by atoms with Gasteiger partial charge in [0.25, 0.3) is 0 Å². The van der Waals surface area contributed by atoms with Gasteiger partial charge in [0.1, 0.15) is 16.9 Å². The molecule has 1 aromatic heterocycles. The van der Waals surface area contributed by atoms with E-state index < -0.39 is 6.10 Å². The Morgan fingerprint density at radius 1 is 1.42 bits per heavy atom. The fourth-order valence-electron chi connectivity index (χ4n) is 2.35. The van der Waals surface area contributed by atoms with E-state index in [1.807, 2.05) is 5.38 Å². The summed E-state index contributed by atoms with van der Waals surface area (Å²) in [5.74, 6) is 0.157. The Kier molecular flexibility index (Phi) is 3.50.